The second-order valence-electron chi connectivity index (χ2n) is 6.70. The average molecular weight is 435 g/mol. The number of aromatic nitrogens is 2. The number of aryl methyl sites for hydroxylation is 1. The highest BCUT2D eigenvalue weighted by Crippen LogP contribution is 2.11. The lowest BCUT2D eigenvalue weighted by Gasteiger charge is -2.15. The lowest BCUT2D eigenvalue weighted by molar-refractivity contribution is -0.0465. The van der Waals surface area contributed by atoms with Gasteiger partial charge in [0.15, 0.2) is 24.1 Å². The first-order chi connectivity index (χ1) is 14.6. The molecule has 1 heterocycles. The van der Waals surface area contributed by atoms with Crippen molar-refractivity contribution in [1.29, 1.82) is 0 Å². The molecule has 0 radical (unpaired) electrons. The third-order valence-corrected chi connectivity index (χ3v) is 4.37. The fourth-order valence-corrected chi connectivity index (χ4v) is 2.89. The van der Waals surface area contributed by atoms with Crippen LogP contribution in [0.15, 0.2) is 41.7 Å². The van der Waals surface area contributed by atoms with Gasteiger partial charge in [0.2, 0.25) is 0 Å². The lowest BCUT2D eigenvalue weighted by atomic mass is 10.1. The molecule has 2 unspecified atom stereocenters. The summed E-state index contributed by atoms with van der Waals surface area (Å²) in [5, 5.41) is 19.2. The van der Waals surface area contributed by atoms with Crippen molar-refractivity contribution >= 4 is 11.5 Å². The maximum absolute atomic E-state index is 13.6. The first-order valence-electron chi connectivity index (χ1n) is 9.24. The number of benzene rings is 1. The predicted octanol–water partition coefficient (Wildman–Crippen LogP) is -0.606. The van der Waals surface area contributed by atoms with Crippen LogP contribution in [0.3, 0.4) is 0 Å². The Kier molecular flexibility index (Phi) is 7.92. The Balaban J connectivity index is 2.84. The van der Waals surface area contributed by atoms with Gasteiger partial charge in [-0.2, -0.15) is 0 Å². The molecular formula is C21H26FN3O6. The van der Waals surface area contributed by atoms with Gasteiger partial charge in [0.25, 0.3) is 5.56 Å². The predicted molar refractivity (Wildman–Crippen MR) is 111 cm³/mol. The van der Waals surface area contributed by atoms with Crippen molar-refractivity contribution in [3.8, 4) is 0 Å². The summed E-state index contributed by atoms with van der Waals surface area (Å²) in [5.41, 5.74) is 6.21. The van der Waals surface area contributed by atoms with Crippen LogP contribution < -0.4 is 21.9 Å². The molecule has 2 aromatic rings. The fourth-order valence-electron chi connectivity index (χ4n) is 2.89. The number of aliphatic hydroxyl groups is 2. The van der Waals surface area contributed by atoms with E-state index >= 15 is 0 Å². The number of nitrogens with zero attached hydrogens (tertiary/aromatic N) is 2. The summed E-state index contributed by atoms with van der Waals surface area (Å²) in [6.07, 6.45) is -1.53. The average Bonchev–Trinajstić information content (AvgIpc) is 2.72. The largest absolute Gasteiger partial charge is 0.492 e. The Morgan fingerprint density at radius 3 is 2.58 bits per heavy atom. The Hall–Kier alpha value is -3.21. The van der Waals surface area contributed by atoms with Crippen molar-refractivity contribution in [2.45, 2.75) is 33.0 Å². The highest BCUT2D eigenvalue weighted by atomic mass is 19.1. The van der Waals surface area contributed by atoms with Crippen LogP contribution in [0.25, 0.3) is 11.5 Å². The van der Waals surface area contributed by atoms with Crippen LogP contribution in [0, 0.1) is 12.7 Å². The minimum atomic E-state index is -1.54. The van der Waals surface area contributed by atoms with Gasteiger partial charge in [-0.1, -0.05) is 18.7 Å². The number of hydrogen-bond acceptors (Lipinski definition) is 8. The number of halogens is 1. The summed E-state index contributed by atoms with van der Waals surface area (Å²) in [4.78, 5) is 17.6. The van der Waals surface area contributed by atoms with Gasteiger partial charge < -0.3 is 30.2 Å². The Bertz CT molecular complexity index is 1140. The van der Waals surface area contributed by atoms with E-state index in [1.165, 1.54) is 38.1 Å². The molecule has 1 aromatic heterocycles. The summed E-state index contributed by atoms with van der Waals surface area (Å²) in [6.45, 7) is 6.72. The fraction of sp³-hybridized carbons (Fsp3) is 0.333. The molecule has 2 rings (SSSR count). The van der Waals surface area contributed by atoms with Crippen LogP contribution in [0.5, 0.6) is 0 Å². The Morgan fingerprint density at radius 1 is 1.35 bits per heavy atom. The number of rotatable bonds is 8. The van der Waals surface area contributed by atoms with Gasteiger partial charge in [0, 0.05) is 7.11 Å². The molecule has 0 spiro atoms. The molecule has 31 heavy (non-hydrogen) atoms. The first-order valence-corrected chi connectivity index (χ1v) is 9.24. The van der Waals surface area contributed by atoms with Crippen LogP contribution in [0.1, 0.15) is 18.1 Å². The highest BCUT2D eigenvalue weighted by Gasteiger charge is 2.17. The van der Waals surface area contributed by atoms with E-state index in [0.717, 1.165) is 0 Å². The summed E-state index contributed by atoms with van der Waals surface area (Å²) in [5.74, 6) is -0.639. The van der Waals surface area contributed by atoms with Crippen molar-refractivity contribution < 1.29 is 28.8 Å². The van der Waals surface area contributed by atoms with Crippen LogP contribution in [0.4, 0.5) is 4.39 Å². The topological polar surface area (TPSA) is 129 Å². The minimum Gasteiger partial charge on any atom is -0.492 e. The van der Waals surface area contributed by atoms with Crippen LogP contribution in [-0.4, -0.2) is 46.6 Å². The van der Waals surface area contributed by atoms with E-state index < -0.39 is 18.1 Å². The first kappa shape index (κ1) is 24.1. The van der Waals surface area contributed by atoms with E-state index in [2.05, 4.69) is 11.6 Å². The molecule has 0 fully saturated rings. The van der Waals surface area contributed by atoms with Crippen molar-refractivity contribution in [2.75, 3.05) is 14.2 Å². The number of aliphatic hydroxyl groups excluding tert-OH is 2. The molecular weight excluding hydrogens is 409 g/mol. The van der Waals surface area contributed by atoms with E-state index in [1.54, 1.807) is 19.1 Å². The molecule has 0 saturated heterocycles. The second-order valence-corrected chi connectivity index (χ2v) is 6.70. The summed E-state index contributed by atoms with van der Waals surface area (Å²) in [6, 6.07) is 4.47. The second kappa shape index (κ2) is 10.2. The molecule has 0 bridgehead atoms. The number of hydrogen-bond donors (Lipinski definition) is 3. The molecule has 1 aromatic carbocycles. The zero-order valence-electron chi connectivity index (χ0n) is 17.8. The highest BCUT2D eigenvalue weighted by molar-refractivity contribution is 5.55. The zero-order chi connectivity index (χ0) is 23.3. The molecule has 9 nitrogen and oxygen atoms in total. The standard InChI is InChI=1S/C21H26FN3O6/c1-11-8-14(6-7-15(11)22)9-25-10-24-18(17(23)21(28)30-5)16(20(25)27)19(29-4)12(2)31-13(3)26/h6-8,10,13,21,26,28H,2,9,23H2,1,3-5H3/b18-17+,19-16-. The van der Waals surface area contributed by atoms with Crippen molar-refractivity contribution in [3.05, 3.63) is 74.7 Å². The maximum Gasteiger partial charge on any atom is 0.265 e. The van der Waals surface area contributed by atoms with Gasteiger partial charge in [-0.05, 0) is 31.0 Å². The van der Waals surface area contributed by atoms with E-state index in [-0.39, 0.29) is 40.1 Å². The molecule has 168 valence electrons. The summed E-state index contributed by atoms with van der Waals surface area (Å²) < 4.78 is 30.1. The van der Waals surface area contributed by atoms with Gasteiger partial charge in [0.05, 0.1) is 25.7 Å². The molecule has 0 amide bonds. The van der Waals surface area contributed by atoms with Gasteiger partial charge in [-0.25, -0.2) is 9.37 Å². The Morgan fingerprint density at radius 2 is 2.03 bits per heavy atom. The van der Waals surface area contributed by atoms with Crippen molar-refractivity contribution in [1.82, 2.24) is 9.55 Å². The molecule has 4 N–H and O–H groups in total. The minimum absolute atomic E-state index is 0.0771. The van der Waals surface area contributed by atoms with Crippen LogP contribution in [-0.2, 0) is 20.8 Å². The number of methoxy groups -OCH3 is 2. The van der Waals surface area contributed by atoms with Gasteiger partial charge in [-0.3, -0.25) is 9.36 Å². The molecule has 0 aliphatic carbocycles. The molecule has 0 saturated carbocycles. The Labute approximate surface area is 178 Å². The summed E-state index contributed by atoms with van der Waals surface area (Å²) in [7, 11) is 2.50. The third kappa shape index (κ3) is 5.48. The number of ether oxygens (including phenoxy) is 3. The van der Waals surface area contributed by atoms with Crippen molar-refractivity contribution in [3.63, 3.8) is 0 Å². The van der Waals surface area contributed by atoms with E-state index in [1.807, 2.05) is 0 Å². The van der Waals surface area contributed by atoms with Gasteiger partial charge >= 0.3 is 0 Å². The smallest absolute Gasteiger partial charge is 0.265 e. The van der Waals surface area contributed by atoms with Gasteiger partial charge in [-0.15, -0.1) is 0 Å². The third-order valence-electron chi connectivity index (χ3n) is 4.37. The van der Waals surface area contributed by atoms with Crippen molar-refractivity contribution in [2.24, 2.45) is 5.73 Å². The van der Waals surface area contributed by atoms with Crippen LogP contribution in [0.2, 0.25) is 0 Å². The van der Waals surface area contributed by atoms with Crippen LogP contribution >= 0.6 is 0 Å². The molecule has 0 aliphatic heterocycles. The molecule has 0 aliphatic rings. The van der Waals surface area contributed by atoms with Gasteiger partial charge in [0.1, 0.15) is 16.4 Å². The molecule has 2 atom stereocenters. The normalized spacial score (nSPS) is 15.1. The van der Waals surface area contributed by atoms with E-state index in [0.29, 0.717) is 11.1 Å². The SMILES string of the molecule is C=C(OC(C)O)/C(OC)=c1/c(=O)n(Cc2ccc(F)c(C)c2)cn/c1=C(/N)C(O)OC. The monoisotopic (exact) mass is 435 g/mol. The molecule has 10 heteroatoms. The van der Waals surface area contributed by atoms with E-state index in [4.69, 9.17) is 19.9 Å². The van der Waals surface area contributed by atoms with E-state index in [9.17, 15) is 19.4 Å². The zero-order valence-corrected chi connectivity index (χ0v) is 17.8. The lowest BCUT2D eigenvalue weighted by Crippen LogP contribution is -2.51. The summed E-state index contributed by atoms with van der Waals surface area (Å²) >= 11 is 0. The quantitative estimate of drug-likeness (QED) is 0.370. The maximum atomic E-state index is 13.6. The number of nitrogens with two attached hydrogens (primary N) is 1.